The Morgan fingerprint density at radius 2 is 1.90 bits per heavy atom. The van der Waals surface area contributed by atoms with Crippen LogP contribution in [0.25, 0.3) is 0 Å². The quantitative estimate of drug-likeness (QED) is 0.576. The fraction of sp³-hybridized carbons (Fsp3) is 0.300. The van der Waals surface area contributed by atoms with E-state index < -0.39 is 32.8 Å². The number of amides is 1. The Morgan fingerprint density at radius 3 is 2.43 bits per heavy atom. The molecule has 0 saturated carbocycles. The first-order chi connectivity index (χ1) is 13.9. The predicted octanol–water partition coefficient (Wildman–Crippen LogP) is 2.99. The fourth-order valence-corrected chi connectivity index (χ4v) is 4.04. The second-order valence-electron chi connectivity index (χ2n) is 7.68. The van der Waals surface area contributed by atoms with Crippen molar-refractivity contribution in [2.45, 2.75) is 26.1 Å². The number of carbonyl (C=O) groups excluding carboxylic acids is 1. The first-order valence-electron chi connectivity index (χ1n) is 9.01. The Hall–Kier alpha value is -3.00. The van der Waals surface area contributed by atoms with E-state index in [0.29, 0.717) is 11.4 Å². The lowest BCUT2D eigenvalue weighted by Crippen LogP contribution is -2.57. The maximum Gasteiger partial charge on any atom is 0.293 e. The van der Waals surface area contributed by atoms with Crippen LogP contribution in [-0.2, 0) is 21.5 Å². The molecule has 30 heavy (non-hydrogen) atoms. The Morgan fingerprint density at radius 1 is 1.27 bits per heavy atom. The molecular formula is C20H21FN4O4S. The molecule has 1 N–H and O–H groups in total. The van der Waals surface area contributed by atoms with Crippen molar-refractivity contribution in [1.82, 2.24) is 4.65 Å². The molecule has 0 radical (unpaired) electrons. The lowest BCUT2D eigenvalue weighted by molar-refractivity contribution is -0.122. The summed E-state index contributed by atoms with van der Waals surface area (Å²) in [6.07, 6.45) is 1.02. The van der Waals surface area contributed by atoms with Crippen molar-refractivity contribution in [1.29, 1.82) is 5.26 Å². The van der Waals surface area contributed by atoms with Crippen LogP contribution in [0, 0.1) is 16.5 Å². The SMILES string of the molecule is CC1(C)C(=O)N(c2ccc(C#N)c(CF)c2)C[N+]1([O-])c1ccc(NS(C)(=O)=O)cc1. The fourth-order valence-electron chi connectivity index (χ4n) is 3.48. The summed E-state index contributed by atoms with van der Waals surface area (Å²) in [5.74, 6) is -0.439. The molecule has 1 aliphatic heterocycles. The highest BCUT2D eigenvalue weighted by Gasteiger charge is 2.55. The summed E-state index contributed by atoms with van der Waals surface area (Å²) >= 11 is 0. The van der Waals surface area contributed by atoms with Gasteiger partial charge in [-0.15, -0.1) is 0 Å². The van der Waals surface area contributed by atoms with Crippen LogP contribution in [0.5, 0.6) is 0 Å². The minimum absolute atomic E-state index is 0.146. The van der Waals surface area contributed by atoms with Crippen LogP contribution in [0.4, 0.5) is 21.5 Å². The number of alkyl halides is 1. The topological polar surface area (TPSA) is 113 Å². The zero-order chi connectivity index (χ0) is 22.3. The maximum absolute atomic E-state index is 13.8. The van der Waals surface area contributed by atoms with E-state index in [2.05, 4.69) is 4.72 Å². The molecule has 1 amide bonds. The van der Waals surface area contributed by atoms with Gasteiger partial charge in [0, 0.05) is 42.9 Å². The van der Waals surface area contributed by atoms with E-state index in [4.69, 9.17) is 5.26 Å². The van der Waals surface area contributed by atoms with Crippen LogP contribution < -0.4 is 14.3 Å². The number of hydrogen-bond acceptors (Lipinski definition) is 5. The smallest absolute Gasteiger partial charge is 0.293 e. The Bertz CT molecular complexity index is 1140. The summed E-state index contributed by atoms with van der Waals surface area (Å²) in [6.45, 7) is 1.95. The average Bonchev–Trinajstić information content (AvgIpc) is 2.87. The highest BCUT2D eigenvalue weighted by molar-refractivity contribution is 7.92. The Labute approximate surface area is 174 Å². The van der Waals surface area contributed by atoms with Crippen molar-refractivity contribution in [2.24, 2.45) is 0 Å². The van der Waals surface area contributed by atoms with Crippen LogP contribution in [0.2, 0.25) is 0 Å². The van der Waals surface area contributed by atoms with Gasteiger partial charge in [-0.05, 0) is 30.3 Å². The first kappa shape index (κ1) is 21.7. The maximum atomic E-state index is 13.8. The van der Waals surface area contributed by atoms with Crippen LogP contribution in [0.1, 0.15) is 25.0 Å². The molecule has 0 spiro atoms. The summed E-state index contributed by atoms with van der Waals surface area (Å²) in [7, 11) is -3.46. The second-order valence-corrected chi connectivity index (χ2v) is 9.43. The van der Waals surface area contributed by atoms with Gasteiger partial charge >= 0.3 is 0 Å². The summed E-state index contributed by atoms with van der Waals surface area (Å²) in [5, 5.41) is 22.9. The number of rotatable bonds is 5. The van der Waals surface area contributed by atoms with E-state index in [1.54, 1.807) is 0 Å². The van der Waals surface area contributed by atoms with Crippen molar-refractivity contribution >= 4 is 33.0 Å². The highest BCUT2D eigenvalue weighted by atomic mass is 32.2. The number of sulfonamides is 1. The number of benzene rings is 2. The molecule has 2 aromatic rings. The average molecular weight is 432 g/mol. The van der Waals surface area contributed by atoms with Crippen molar-refractivity contribution in [3.05, 3.63) is 58.8 Å². The van der Waals surface area contributed by atoms with Crippen molar-refractivity contribution < 1.29 is 17.6 Å². The first-order valence-corrected chi connectivity index (χ1v) is 10.9. The monoisotopic (exact) mass is 432 g/mol. The number of nitrogens with zero attached hydrogens (tertiary/aromatic N) is 3. The lowest BCUT2D eigenvalue weighted by Gasteiger charge is -2.45. The molecule has 1 unspecified atom stereocenters. The minimum atomic E-state index is -3.46. The number of quaternary nitrogens is 1. The number of nitrogens with one attached hydrogen (secondary N) is 1. The number of hydroxylamine groups is 2. The summed E-state index contributed by atoms with van der Waals surface area (Å²) in [5.41, 5.74) is -0.153. The van der Waals surface area contributed by atoms with Gasteiger partial charge < -0.3 is 5.21 Å². The third kappa shape index (κ3) is 3.63. The molecule has 0 aliphatic carbocycles. The molecule has 0 aromatic heterocycles. The van der Waals surface area contributed by atoms with Crippen LogP contribution in [0.15, 0.2) is 42.5 Å². The van der Waals surface area contributed by atoms with Crippen LogP contribution in [0.3, 0.4) is 0 Å². The number of anilines is 2. The molecule has 1 heterocycles. The molecule has 1 saturated heterocycles. The van der Waals surface area contributed by atoms with Gasteiger partial charge in [0.15, 0.2) is 12.2 Å². The predicted molar refractivity (Wildman–Crippen MR) is 112 cm³/mol. The van der Waals surface area contributed by atoms with E-state index in [-0.39, 0.29) is 23.5 Å². The Balaban J connectivity index is 1.99. The molecule has 158 valence electrons. The summed E-state index contributed by atoms with van der Waals surface area (Å²) in [4.78, 5) is 14.4. The number of halogens is 1. The van der Waals surface area contributed by atoms with E-state index in [0.717, 1.165) is 6.26 Å². The van der Waals surface area contributed by atoms with Crippen LogP contribution in [-0.4, -0.2) is 32.8 Å². The summed E-state index contributed by atoms with van der Waals surface area (Å²) < 4.78 is 37.4. The largest absolute Gasteiger partial charge is 0.625 e. The molecule has 1 atom stereocenters. The lowest BCUT2D eigenvalue weighted by atomic mass is 10.0. The minimum Gasteiger partial charge on any atom is -0.625 e. The molecule has 2 aromatic carbocycles. The molecular weight excluding hydrogens is 411 g/mol. The van der Waals surface area contributed by atoms with Gasteiger partial charge in [-0.25, -0.2) is 12.8 Å². The molecule has 1 aliphatic rings. The second kappa shape index (κ2) is 7.36. The zero-order valence-corrected chi connectivity index (χ0v) is 17.5. The van der Waals surface area contributed by atoms with Crippen LogP contribution >= 0.6 is 0 Å². The van der Waals surface area contributed by atoms with Gasteiger partial charge in [0.05, 0.1) is 17.9 Å². The van der Waals surface area contributed by atoms with Gasteiger partial charge in [-0.3, -0.25) is 19.1 Å². The third-order valence-electron chi connectivity index (χ3n) is 5.26. The van der Waals surface area contributed by atoms with Crippen molar-refractivity contribution in [2.75, 3.05) is 22.5 Å². The van der Waals surface area contributed by atoms with E-state index >= 15 is 0 Å². The molecule has 10 heteroatoms. The van der Waals surface area contributed by atoms with Gasteiger partial charge in [0.1, 0.15) is 12.4 Å². The number of hydrogen-bond donors (Lipinski definition) is 1. The van der Waals surface area contributed by atoms with E-state index in [9.17, 15) is 22.8 Å². The molecule has 8 nitrogen and oxygen atoms in total. The normalized spacial score (nSPS) is 20.8. The van der Waals surface area contributed by atoms with Gasteiger partial charge in [-0.1, -0.05) is 0 Å². The van der Waals surface area contributed by atoms with E-state index in [1.165, 1.54) is 61.2 Å². The highest BCUT2D eigenvalue weighted by Crippen LogP contribution is 2.41. The summed E-state index contributed by atoms with van der Waals surface area (Å²) in [6, 6.07) is 12.1. The Kier molecular flexibility index (Phi) is 5.32. The number of carbonyl (C=O) groups is 1. The van der Waals surface area contributed by atoms with Crippen molar-refractivity contribution in [3.63, 3.8) is 0 Å². The number of nitriles is 1. The van der Waals surface area contributed by atoms with Gasteiger partial charge in [0.25, 0.3) is 5.91 Å². The molecule has 0 bridgehead atoms. The zero-order valence-electron chi connectivity index (χ0n) is 16.7. The molecule has 1 fully saturated rings. The van der Waals surface area contributed by atoms with Gasteiger partial charge in [-0.2, -0.15) is 5.26 Å². The van der Waals surface area contributed by atoms with Crippen molar-refractivity contribution in [3.8, 4) is 6.07 Å². The van der Waals surface area contributed by atoms with E-state index in [1.807, 2.05) is 6.07 Å². The third-order valence-corrected chi connectivity index (χ3v) is 5.87. The molecule has 3 rings (SSSR count). The standard InChI is InChI=1S/C20H21FN4O4S/c1-20(2)19(26)24(17-7-4-14(12-22)15(10-17)11-21)13-25(20,27)18-8-5-16(6-9-18)23-30(3,28)29/h4-10,23H,11,13H2,1-3H3. The van der Waals surface area contributed by atoms with Gasteiger partial charge in [0.2, 0.25) is 10.0 Å².